The van der Waals surface area contributed by atoms with Crippen LogP contribution in [0.4, 0.5) is 0 Å². The van der Waals surface area contributed by atoms with Gasteiger partial charge >= 0.3 is 0 Å². The predicted molar refractivity (Wildman–Crippen MR) is 69.7 cm³/mol. The first kappa shape index (κ1) is 12.4. The van der Waals surface area contributed by atoms with E-state index < -0.39 is 0 Å². The lowest BCUT2D eigenvalue weighted by molar-refractivity contribution is 0.119. The van der Waals surface area contributed by atoms with E-state index >= 15 is 0 Å². The molecular formula is C14H28N2. The van der Waals surface area contributed by atoms with Gasteiger partial charge in [0.05, 0.1) is 0 Å². The highest BCUT2D eigenvalue weighted by Gasteiger charge is 2.25. The predicted octanol–water partition coefficient (Wildman–Crippen LogP) is 2.59. The van der Waals surface area contributed by atoms with Crippen LogP contribution >= 0.6 is 0 Å². The van der Waals surface area contributed by atoms with Gasteiger partial charge in [0.2, 0.25) is 0 Å². The van der Waals surface area contributed by atoms with Gasteiger partial charge in [-0.1, -0.05) is 13.3 Å². The molecule has 2 aliphatic rings. The molecule has 0 radical (unpaired) electrons. The molecule has 0 spiro atoms. The van der Waals surface area contributed by atoms with Crippen molar-refractivity contribution in [3.63, 3.8) is 0 Å². The maximum atomic E-state index is 2.65. The minimum absolute atomic E-state index is 0.864. The van der Waals surface area contributed by atoms with E-state index in [2.05, 4.69) is 23.8 Å². The van der Waals surface area contributed by atoms with Crippen LogP contribution < -0.4 is 0 Å². The summed E-state index contributed by atoms with van der Waals surface area (Å²) in [6, 6.07) is 0.864. The third-order valence-corrected chi connectivity index (χ3v) is 4.63. The molecule has 94 valence electrons. The molecular weight excluding hydrogens is 196 g/mol. The van der Waals surface area contributed by atoms with Crippen molar-refractivity contribution in [2.45, 2.75) is 51.5 Å². The first-order chi connectivity index (χ1) is 7.79. The fourth-order valence-corrected chi connectivity index (χ4v) is 3.33. The van der Waals surface area contributed by atoms with Gasteiger partial charge in [-0.05, 0) is 64.7 Å². The fraction of sp³-hybridized carbons (Fsp3) is 1.00. The summed E-state index contributed by atoms with van der Waals surface area (Å²) in [5.74, 6) is 0.966. The summed E-state index contributed by atoms with van der Waals surface area (Å²) in [7, 11) is 2.33. The Morgan fingerprint density at radius 2 is 1.88 bits per heavy atom. The van der Waals surface area contributed by atoms with Crippen LogP contribution in [0.1, 0.15) is 45.4 Å². The van der Waals surface area contributed by atoms with Gasteiger partial charge in [-0.15, -0.1) is 0 Å². The second-order valence-corrected chi connectivity index (χ2v) is 5.78. The largest absolute Gasteiger partial charge is 0.303 e. The Morgan fingerprint density at radius 1 is 1.12 bits per heavy atom. The topological polar surface area (TPSA) is 6.48 Å². The zero-order valence-electron chi connectivity index (χ0n) is 11.1. The molecule has 0 aliphatic carbocycles. The summed E-state index contributed by atoms with van der Waals surface area (Å²) < 4.78 is 0. The summed E-state index contributed by atoms with van der Waals surface area (Å²) in [4.78, 5) is 5.27. The Kier molecular flexibility index (Phi) is 4.66. The van der Waals surface area contributed by atoms with E-state index in [0.717, 1.165) is 12.0 Å². The molecule has 0 bridgehead atoms. The Hall–Kier alpha value is -0.0800. The average Bonchev–Trinajstić information content (AvgIpc) is 2.80. The summed E-state index contributed by atoms with van der Waals surface area (Å²) >= 11 is 0. The Labute approximate surface area is 101 Å². The zero-order chi connectivity index (χ0) is 11.4. The van der Waals surface area contributed by atoms with Crippen molar-refractivity contribution >= 4 is 0 Å². The Balaban J connectivity index is 1.69. The third-order valence-electron chi connectivity index (χ3n) is 4.63. The zero-order valence-corrected chi connectivity index (χ0v) is 11.1. The summed E-state index contributed by atoms with van der Waals surface area (Å²) in [6.07, 6.45) is 8.52. The minimum Gasteiger partial charge on any atom is -0.303 e. The third kappa shape index (κ3) is 3.21. The molecule has 0 aromatic heterocycles. The first-order valence-electron chi connectivity index (χ1n) is 7.22. The highest BCUT2D eigenvalue weighted by Crippen LogP contribution is 2.25. The van der Waals surface area contributed by atoms with E-state index in [1.165, 1.54) is 64.7 Å². The maximum Gasteiger partial charge on any atom is 0.0105 e. The van der Waals surface area contributed by atoms with Crippen molar-refractivity contribution in [1.82, 2.24) is 9.80 Å². The van der Waals surface area contributed by atoms with Crippen LogP contribution in [0.2, 0.25) is 0 Å². The molecule has 2 aliphatic heterocycles. The highest BCUT2D eigenvalue weighted by molar-refractivity contribution is 4.80. The van der Waals surface area contributed by atoms with Crippen molar-refractivity contribution in [3.05, 3.63) is 0 Å². The van der Waals surface area contributed by atoms with Crippen LogP contribution in [0.25, 0.3) is 0 Å². The second-order valence-electron chi connectivity index (χ2n) is 5.78. The van der Waals surface area contributed by atoms with Crippen LogP contribution in [0, 0.1) is 5.92 Å². The number of nitrogens with zero attached hydrogens (tertiary/aromatic N) is 2. The van der Waals surface area contributed by atoms with Crippen molar-refractivity contribution < 1.29 is 0 Å². The van der Waals surface area contributed by atoms with E-state index in [1.54, 1.807) is 0 Å². The molecule has 2 nitrogen and oxygen atoms in total. The number of hydrogen-bond donors (Lipinski definition) is 0. The van der Waals surface area contributed by atoms with Crippen LogP contribution in [-0.4, -0.2) is 49.1 Å². The van der Waals surface area contributed by atoms with E-state index in [4.69, 9.17) is 0 Å². The lowest BCUT2D eigenvalue weighted by Gasteiger charge is -2.37. The molecule has 0 saturated carbocycles. The maximum absolute atomic E-state index is 2.65. The second kappa shape index (κ2) is 6.02. The van der Waals surface area contributed by atoms with E-state index in [1.807, 2.05) is 0 Å². The van der Waals surface area contributed by atoms with Gasteiger partial charge in [-0.2, -0.15) is 0 Å². The smallest absolute Gasteiger partial charge is 0.0105 e. The molecule has 2 atom stereocenters. The molecule has 2 fully saturated rings. The molecule has 0 N–H and O–H groups in total. The SMILES string of the molecule is CC[C@@H]1CC[C@H](CCN2CCCC2)N(C)C1. The van der Waals surface area contributed by atoms with E-state index in [9.17, 15) is 0 Å². The number of rotatable bonds is 4. The molecule has 2 rings (SSSR count). The Bertz CT molecular complexity index is 199. The van der Waals surface area contributed by atoms with E-state index in [0.29, 0.717) is 0 Å². The standard InChI is InChI=1S/C14H28N2/c1-3-13-6-7-14(15(2)12-13)8-11-16-9-4-5-10-16/h13-14H,3-12H2,1-2H3/t13-,14-/m1/s1. The van der Waals surface area contributed by atoms with Crippen molar-refractivity contribution in [2.75, 3.05) is 33.2 Å². The number of hydrogen-bond acceptors (Lipinski definition) is 2. The summed E-state index contributed by atoms with van der Waals surface area (Å²) in [5, 5.41) is 0. The monoisotopic (exact) mass is 224 g/mol. The van der Waals surface area contributed by atoms with Crippen LogP contribution in [-0.2, 0) is 0 Å². The lowest BCUT2D eigenvalue weighted by Crippen LogP contribution is -2.42. The molecule has 16 heavy (non-hydrogen) atoms. The quantitative estimate of drug-likeness (QED) is 0.724. The normalized spacial score (nSPS) is 33.4. The van der Waals surface area contributed by atoms with Gasteiger partial charge in [0.15, 0.2) is 0 Å². The van der Waals surface area contributed by atoms with Crippen molar-refractivity contribution in [3.8, 4) is 0 Å². The molecule has 0 amide bonds. The fourth-order valence-electron chi connectivity index (χ4n) is 3.33. The molecule has 2 heteroatoms. The van der Waals surface area contributed by atoms with E-state index in [-0.39, 0.29) is 0 Å². The Morgan fingerprint density at radius 3 is 2.50 bits per heavy atom. The summed E-state index contributed by atoms with van der Waals surface area (Å²) in [6.45, 7) is 7.72. The molecule has 2 heterocycles. The van der Waals surface area contributed by atoms with Crippen LogP contribution in [0.5, 0.6) is 0 Å². The van der Waals surface area contributed by atoms with Gasteiger partial charge in [0, 0.05) is 12.6 Å². The van der Waals surface area contributed by atoms with Crippen molar-refractivity contribution in [1.29, 1.82) is 0 Å². The van der Waals surface area contributed by atoms with Gasteiger partial charge in [0.25, 0.3) is 0 Å². The minimum atomic E-state index is 0.864. The first-order valence-corrected chi connectivity index (χ1v) is 7.22. The molecule has 2 saturated heterocycles. The number of likely N-dealkylation sites (tertiary alicyclic amines) is 2. The van der Waals surface area contributed by atoms with Crippen LogP contribution in [0.15, 0.2) is 0 Å². The van der Waals surface area contributed by atoms with Gasteiger partial charge in [0.1, 0.15) is 0 Å². The average molecular weight is 224 g/mol. The molecule has 0 aromatic rings. The van der Waals surface area contributed by atoms with Crippen LogP contribution in [0.3, 0.4) is 0 Å². The molecule has 0 aromatic carbocycles. The van der Waals surface area contributed by atoms with Crippen molar-refractivity contribution in [2.24, 2.45) is 5.92 Å². The lowest BCUT2D eigenvalue weighted by atomic mass is 9.90. The van der Waals surface area contributed by atoms with Gasteiger partial charge in [-0.25, -0.2) is 0 Å². The number of piperidine rings is 1. The molecule has 0 unspecified atom stereocenters. The highest BCUT2D eigenvalue weighted by atomic mass is 15.2. The van der Waals surface area contributed by atoms with Gasteiger partial charge < -0.3 is 9.80 Å². The van der Waals surface area contributed by atoms with Gasteiger partial charge in [-0.3, -0.25) is 0 Å². The summed E-state index contributed by atoms with van der Waals surface area (Å²) in [5.41, 5.74) is 0.